The molecule has 0 spiro atoms. The van der Waals surface area contributed by atoms with E-state index in [0.717, 1.165) is 18.2 Å². The standard InChI is InChI=1S/C17H28F2N4O2S.HI/c1-4-20-17(22-11-12-26(24,25)23(5-2)6-3)21-10-9-14-13-15(18)7-8-16(14)19;/h7-8,13H,4-6,9-12H2,1-3H3,(H2,20,21,22);1H. The lowest BCUT2D eigenvalue weighted by Gasteiger charge is -2.18. The molecule has 1 aromatic carbocycles. The summed E-state index contributed by atoms with van der Waals surface area (Å²) in [5.41, 5.74) is 0.275. The Kier molecular flexibility index (Phi) is 12.7. The summed E-state index contributed by atoms with van der Waals surface area (Å²) in [6.45, 7) is 7.39. The predicted octanol–water partition coefficient (Wildman–Crippen LogP) is 2.35. The van der Waals surface area contributed by atoms with E-state index in [1.807, 2.05) is 6.92 Å². The Morgan fingerprint density at radius 2 is 1.81 bits per heavy atom. The van der Waals surface area contributed by atoms with Crippen LogP contribution in [0, 0.1) is 11.6 Å². The Labute approximate surface area is 177 Å². The second-order valence-corrected chi connectivity index (χ2v) is 7.66. The van der Waals surface area contributed by atoms with Crippen molar-refractivity contribution in [2.75, 3.05) is 38.5 Å². The van der Waals surface area contributed by atoms with Gasteiger partial charge in [-0.1, -0.05) is 13.8 Å². The summed E-state index contributed by atoms with van der Waals surface area (Å²) in [4.78, 5) is 4.24. The third-order valence-electron chi connectivity index (χ3n) is 3.76. The van der Waals surface area contributed by atoms with Gasteiger partial charge in [0.1, 0.15) is 11.6 Å². The van der Waals surface area contributed by atoms with Crippen LogP contribution in [-0.4, -0.2) is 57.2 Å². The molecule has 0 fully saturated rings. The zero-order valence-electron chi connectivity index (χ0n) is 16.0. The number of guanidine groups is 1. The monoisotopic (exact) mass is 518 g/mol. The first-order valence-electron chi connectivity index (χ1n) is 8.77. The maximum Gasteiger partial charge on any atom is 0.215 e. The molecule has 0 amide bonds. The van der Waals surface area contributed by atoms with Gasteiger partial charge in [0.2, 0.25) is 10.0 Å². The van der Waals surface area contributed by atoms with E-state index in [2.05, 4.69) is 15.6 Å². The van der Waals surface area contributed by atoms with E-state index >= 15 is 0 Å². The van der Waals surface area contributed by atoms with Crippen LogP contribution in [0.4, 0.5) is 8.78 Å². The van der Waals surface area contributed by atoms with Gasteiger partial charge in [0.25, 0.3) is 0 Å². The minimum atomic E-state index is -3.33. The maximum atomic E-state index is 13.6. The topological polar surface area (TPSA) is 73.8 Å². The molecular weight excluding hydrogens is 489 g/mol. The molecule has 0 radical (unpaired) electrons. The molecule has 0 saturated heterocycles. The lowest BCUT2D eigenvalue weighted by molar-refractivity contribution is 0.445. The average molecular weight is 518 g/mol. The van der Waals surface area contributed by atoms with Gasteiger partial charge in [0.05, 0.1) is 12.3 Å². The molecule has 0 aliphatic rings. The van der Waals surface area contributed by atoms with E-state index in [4.69, 9.17) is 0 Å². The number of benzene rings is 1. The Morgan fingerprint density at radius 1 is 1.15 bits per heavy atom. The first-order valence-corrected chi connectivity index (χ1v) is 10.4. The molecule has 0 aromatic heterocycles. The Bertz CT molecular complexity index is 698. The first kappa shape index (κ1) is 26.0. The highest BCUT2D eigenvalue weighted by Gasteiger charge is 2.17. The summed E-state index contributed by atoms with van der Waals surface area (Å²) in [7, 11) is -3.33. The van der Waals surface area contributed by atoms with E-state index in [-0.39, 0.29) is 48.3 Å². The van der Waals surface area contributed by atoms with Crippen LogP contribution >= 0.6 is 24.0 Å². The highest BCUT2D eigenvalue weighted by Crippen LogP contribution is 2.09. The zero-order chi connectivity index (χ0) is 19.6. The summed E-state index contributed by atoms with van der Waals surface area (Å²) >= 11 is 0. The smallest absolute Gasteiger partial charge is 0.215 e. The SMILES string of the molecule is CCNC(=NCCS(=O)(=O)N(CC)CC)NCCc1cc(F)ccc1F.I. The van der Waals surface area contributed by atoms with Crippen LogP contribution in [0.25, 0.3) is 0 Å². The molecule has 2 N–H and O–H groups in total. The fraction of sp³-hybridized carbons (Fsp3) is 0.588. The van der Waals surface area contributed by atoms with Crippen molar-refractivity contribution in [3.63, 3.8) is 0 Å². The van der Waals surface area contributed by atoms with Crippen LogP contribution in [0.3, 0.4) is 0 Å². The van der Waals surface area contributed by atoms with Crippen LogP contribution in [0.2, 0.25) is 0 Å². The van der Waals surface area contributed by atoms with Gasteiger partial charge in [0.15, 0.2) is 5.96 Å². The molecule has 1 rings (SSSR count). The van der Waals surface area contributed by atoms with Crippen LogP contribution in [0.15, 0.2) is 23.2 Å². The van der Waals surface area contributed by atoms with E-state index in [9.17, 15) is 17.2 Å². The number of nitrogens with one attached hydrogen (secondary N) is 2. The lowest BCUT2D eigenvalue weighted by atomic mass is 10.1. The summed E-state index contributed by atoms with van der Waals surface area (Å²) in [6.07, 6.45) is 0.283. The molecule has 0 saturated carbocycles. The highest BCUT2D eigenvalue weighted by molar-refractivity contribution is 14.0. The van der Waals surface area contributed by atoms with Gasteiger partial charge in [-0.2, -0.15) is 0 Å². The van der Waals surface area contributed by atoms with Crippen molar-refractivity contribution in [2.45, 2.75) is 27.2 Å². The minimum Gasteiger partial charge on any atom is -0.357 e. The van der Waals surface area contributed by atoms with Crippen molar-refractivity contribution < 1.29 is 17.2 Å². The molecule has 10 heteroatoms. The van der Waals surface area contributed by atoms with Crippen molar-refractivity contribution in [3.05, 3.63) is 35.4 Å². The molecule has 6 nitrogen and oxygen atoms in total. The van der Waals surface area contributed by atoms with Crippen LogP contribution in [0.5, 0.6) is 0 Å². The third kappa shape index (κ3) is 9.15. The second kappa shape index (κ2) is 13.2. The Balaban J connectivity index is 0.00000676. The van der Waals surface area contributed by atoms with Crippen molar-refractivity contribution in [3.8, 4) is 0 Å². The normalized spacial score (nSPS) is 12.0. The molecule has 1 aromatic rings. The van der Waals surface area contributed by atoms with Gasteiger partial charge in [-0.3, -0.25) is 4.99 Å². The van der Waals surface area contributed by atoms with Crippen LogP contribution in [0.1, 0.15) is 26.3 Å². The number of nitrogens with zero attached hydrogens (tertiary/aromatic N) is 2. The fourth-order valence-corrected chi connectivity index (χ4v) is 3.78. The van der Waals surface area contributed by atoms with Gasteiger partial charge in [-0.25, -0.2) is 21.5 Å². The number of rotatable bonds is 10. The minimum absolute atomic E-state index is 0. The van der Waals surface area contributed by atoms with E-state index in [1.165, 1.54) is 4.31 Å². The van der Waals surface area contributed by atoms with Crippen molar-refractivity contribution >= 4 is 40.0 Å². The molecular formula is C17H29F2IN4O2S. The summed E-state index contributed by atoms with van der Waals surface area (Å²) in [5, 5.41) is 6.00. The largest absolute Gasteiger partial charge is 0.357 e. The van der Waals surface area contributed by atoms with Crippen molar-refractivity contribution in [1.82, 2.24) is 14.9 Å². The van der Waals surface area contributed by atoms with Gasteiger partial charge >= 0.3 is 0 Å². The number of halogens is 3. The molecule has 0 bridgehead atoms. The Hall–Kier alpha value is -1.01. The van der Waals surface area contributed by atoms with E-state index < -0.39 is 21.7 Å². The van der Waals surface area contributed by atoms with Crippen molar-refractivity contribution in [1.29, 1.82) is 0 Å². The molecule has 0 unspecified atom stereocenters. The van der Waals surface area contributed by atoms with E-state index in [1.54, 1.807) is 13.8 Å². The number of sulfonamides is 1. The molecule has 0 heterocycles. The summed E-state index contributed by atoms with van der Waals surface area (Å²) < 4.78 is 52.5. The summed E-state index contributed by atoms with van der Waals surface area (Å²) in [6, 6.07) is 3.34. The van der Waals surface area contributed by atoms with Crippen LogP contribution < -0.4 is 10.6 Å². The van der Waals surface area contributed by atoms with E-state index in [0.29, 0.717) is 32.1 Å². The molecule has 0 aliphatic heterocycles. The zero-order valence-corrected chi connectivity index (χ0v) is 19.1. The van der Waals surface area contributed by atoms with Gasteiger partial charge in [-0.15, -0.1) is 24.0 Å². The van der Waals surface area contributed by atoms with Crippen LogP contribution in [-0.2, 0) is 16.4 Å². The van der Waals surface area contributed by atoms with Gasteiger partial charge in [0, 0.05) is 26.2 Å². The average Bonchev–Trinajstić information content (AvgIpc) is 2.58. The molecule has 0 atom stereocenters. The fourth-order valence-electron chi connectivity index (χ4n) is 2.41. The number of aliphatic imine (C=N–C) groups is 1. The third-order valence-corrected chi connectivity index (χ3v) is 5.76. The maximum absolute atomic E-state index is 13.6. The van der Waals surface area contributed by atoms with Gasteiger partial charge < -0.3 is 10.6 Å². The summed E-state index contributed by atoms with van der Waals surface area (Å²) in [5.74, 6) is -0.577. The number of hydrogen-bond acceptors (Lipinski definition) is 3. The highest BCUT2D eigenvalue weighted by atomic mass is 127. The van der Waals surface area contributed by atoms with Gasteiger partial charge in [-0.05, 0) is 37.1 Å². The second-order valence-electron chi connectivity index (χ2n) is 5.57. The Morgan fingerprint density at radius 3 is 2.41 bits per heavy atom. The lowest BCUT2D eigenvalue weighted by Crippen LogP contribution is -2.39. The number of hydrogen-bond donors (Lipinski definition) is 2. The molecule has 156 valence electrons. The first-order chi connectivity index (χ1) is 12.3. The van der Waals surface area contributed by atoms with Crippen molar-refractivity contribution in [2.24, 2.45) is 4.99 Å². The molecule has 27 heavy (non-hydrogen) atoms. The quantitative estimate of drug-likeness (QED) is 0.284. The molecule has 0 aliphatic carbocycles. The predicted molar refractivity (Wildman–Crippen MR) is 116 cm³/mol.